The first-order valence-corrected chi connectivity index (χ1v) is 11.7. The third-order valence-electron chi connectivity index (χ3n) is 10.3. The van der Waals surface area contributed by atoms with Crippen LogP contribution < -0.4 is 0 Å². The summed E-state index contributed by atoms with van der Waals surface area (Å²) in [5.74, 6) is 1.82. The van der Waals surface area contributed by atoms with Gasteiger partial charge in [-0.05, 0) is 104 Å². The Morgan fingerprint density at radius 3 is 2.56 bits per heavy atom. The van der Waals surface area contributed by atoms with Gasteiger partial charge in [-0.1, -0.05) is 40.5 Å². The van der Waals surface area contributed by atoms with Gasteiger partial charge in [-0.15, -0.1) is 0 Å². The summed E-state index contributed by atoms with van der Waals surface area (Å²) >= 11 is 0. The summed E-state index contributed by atoms with van der Waals surface area (Å²) in [7, 11) is 0. The molecule has 154 valence electrons. The van der Waals surface area contributed by atoms with E-state index in [9.17, 15) is 9.90 Å². The van der Waals surface area contributed by atoms with E-state index in [1.54, 1.807) is 0 Å². The summed E-state index contributed by atoms with van der Waals surface area (Å²) in [6, 6.07) is 0. The second kappa shape index (κ2) is 7.06. The van der Waals surface area contributed by atoms with E-state index in [-0.39, 0.29) is 17.8 Å². The Morgan fingerprint density at radius 2 is 1.81 bits per heavy atom. The Labute approximate surface area is 171 Å². The lowest BCUT2D eigenvalue weighted by atomic mass is 9.44. The monoisotopic (exact) mass is 377 g/mol. The normalized spacial score (nSPS) is 50.9. The van der Waals surface area contributed by atoms with Crippen molar-refractivity contribution in [2.75, 3.05) is 0 Å². The highest BCUT2D eigenvalue weighted by Crippen LogP contribution is 2.68. The molecule has 0 heterocycles. The van der Waals surface area contributed by atoms with Crippen LogP contribution in [-0.2, 0) is 4.79 Å². The Kier molecular flexibility index (Phi) is 4.26. The quantitative estimate of drug-likeness (QED) is 0.586. The van der Waals surface area contributed by atoms with Gasteiger partial charge in [0.05, 0.1) is 0 Å². The molecule has 4 aliphatic carbocycles. The van der Waals surface area contributed by atoms with Crippen LogP contribution >= 0.6 is 0 Å². The summed E-state index contributed by atoms with van der Waals surface area (Å²) in [5, 5.41) is 9.38. The van der Waals surface area contributed by atoms with Crippen molar-refractivity contribution in [2.24, 2.45) is 52.3 Å². The molecule has 0 saturated heterocycles. The van der Waals surface area contributed by atoms with Gasteiger partial charge in [0.1, 0.15) is 0 Å². The number of hydrogen-bond donors (Lipinski definition) is 1. The molecule has 4 saturated carbocycles. The zero-order valence-corrected chi connectivity index (χ0v) is 17.7. The summed E-state index contributed by atoms with van der Waals surface area (Å²) in [6.07, 6.45) is 13.0. The molecule has 0 aromatic heterocycles. The van der Waals surface area contributed by atoms with Gasteiger partial charge < -0.3 is 5.11 Å². The molecule has 9 atom stereocenters. The molecule has 0 aromatic carbocycles. The molecular formula is C25H42O2. The molecule has 1 N–H and O–H groups in total. The van der Waals surface area contributed by atoms with Crippen molar-refractivity contribution in [3.05, 3.63) is 0 Å². The fraction of sp³-hybridized carbons (Fsp3) is 0.960. The van der Waals surface area contributed by atoms with Gasteiger partial charge in [0.15, 0.2) is 0 Å². The average molecular weight is 378 g/mol. The fourth-order valence-electron chi connectivity index (χ4n) is 8.85. The molecule has 27 heavy (non-hydrogen) atoms. The molecule has 2 heteroatoms. The van der Waals surface area contributed by atoms with E-state index in [0.29, 0.717) is 17.3 Å². The Hall–Kier alpha value is -0.530. The summed E-state index contributed by atoms with van der Waals surface area (Å²) in [5.41, 5.74) is 0.706. The average Bonchev–Trinajstić information content (AvgIpc) is 3.01. The number of rotatable bonds is 4. The Morgan fingerprint density at radius 1 is 1.04 bits per heavy atom. The summed E-state index contributed by atoms with van der Waals surface area (Å²) in [6.45, 7) is 4.89. The van der Waals surface area contributed by atoms with Crippen LogP contribution in [0.3, 0.4) is 0 Å². The SMILES string of the molecule is [2H]C([2H])([2H])C(CC(=O)O)[C@@H](C)[C@H]1CC[C@H]2[C@@H]3CCC4CCCC[C@]4(C)[C@H]3CC[C@]12C. The molecule has 0 aromatic rings. The highest BCUT2D eigenvalue weighted by molar-refractivity contribution is 5.67. The van der Waals surface area contributed by atoms with E-state index in [1.807, 2.05) is 6.92 Å². The molecule has 0 bridgehead atoms. The van der Waals surface area contributed by atoms with Gasteiger partial charge in [0.2, 0.25) is 0 Å². The third-order valence-corrected chi connectivity index (χ3v) is 10.3. The van der Waals surface area contributed by atoms with Crippen molar-refractivity contribution in [2.45, 2.75) is 98.3 Å². The first kappa shape index (κ1) is 16.3. The van der Waals surface area contributed by atoms with Gasteiger partial charge >= 0.3 is 5.97 Å². The van der Waals surface area contributed by atoms with Crippen molar-refractivity contribution < 1.29 is 14.0 Å². The zero-order chi connectivity index (χ0) is 21.9. The van der Waals surface area contributed by atoms with Crippen molar-refractivity contribution in [3.8, 4) is 0 Å². The van der Waals surface area contributed by atoms with Crippen LogP contribution in [-0.4, -0.2) is 11.1 Å². The second-order valence-electron chi connectivity index (χ2n) is 11.2. The standard InChI is InChI=1S/C25H42O2/c1-16(15-23(26)27)17(2)20-10-11-21-19-9-8-18-7-5-6-13-24(18,3)22(19)12-14-25(20,21)4/h16-22H,5-15H2,1-4H3,(H,26,27)/t16?,17-,18?,19+,20-,21+,22+,24+,25-/m1/s1/i1D3. The molecule has 2 nitrogen and oxygen atoms in total. The van der Waals surface area contributed by atoms with Crippen LogP contribution in [0.2, 0.25) is 0 Å². The van der Waals surface area contributed by atoms with E-state index in [1.165, 1.54) is 57.8 Å². The van der Waals surface area contributed by atoms with Gasteiger partial charge in [0, 0.05) is 10.5 Å². The highest BCUT2D eigenvalue weighted by atomic mass is 16.4. The number of hydrogen-bond acceptors (Lipinski definition) is 1. The van der Waals surface area contributed by atoms with Crippen molar-refractivity contribution in [3.63, 3.8) is 0 Å². The van der Waals surface area contributed by atoms with Crippen molar-refractivity contribution >= 4 is 5.97 Å². The van der Waals surface area contributed by atoms with Crippen LogP contribution in [0, 0.1) is 52.3 Å². The Bertz CT molecular complexity index is 661. The third kappa shape index (κ3) is 3.08. The molecule has 0 radical (unpaired) electrons. The van der Waals surface area contributed by atoms with Crippen LogP contribution in [0.4, 0.5) is 0 Å². The smallest absolute Gasteiger partial charge is 0.303 e. The first-order valence-electron chi connectivity index (χ1n) is 13.2. The van der Waals surface area contributed by atoms with Crippen LogP contribution in [0.5, 0.6) is 0 Å². The minimum Gasteiger partial charge on any atom is -0.481 e. The minimum atomic E-state index is -2.20. The van der Waals surface area contributed by atoms with Crippen LogP contribution in [0.1, 0.15) is 102 Å². The summed E-state index contributed by atoms with van der Waals surface area (Å²) < 4.78 is 24.0. The van der Waals surface area contributed by atoms with Gasteiger partial charge in [-0.3, -0.25) is 4.79 Å². The number of carbonyl (C=O) groups is 1. The van der Waals surface area contributed by atoms with Crippen LogP contribution in [0.15, 0.2) is 0 Å². The van der Waals surface area contributed by atoms with E-state index < -0.39 is 18.7 Å². The number of carboxylic acid groups (broad SMARTS) is 1. The van der Waals surface area contributed by atoms with E-state index in [4.69, 9.17) is 4.11 Å². The zero-order valence-electron chi connectivity index (χ0n) is 20.7. The predicted octanol–water partition coefficient (Wildman–Crippen LogP) is 6.78. The maximum Gasteiger partial charge on any atom is 0.303 e. The van der Waals surface area contributed by atoms with Gasteiger partial charge in [-0.25, -0.2) is 0 Å². The molecule has 0 spiro atoms. The van der Waals surface area contributed by atoms with E-state index in [2.05, 4.69) is 13.8 Å². The topological polar surface area (TPSA) is 37.3 Å². The molecule has 4 rings (SSSR count). The maximum atomic E-state index is 11.4. The lowest BCUT2D eigenvalue weighted by Crippen LogP contribution is -2.53. The molecule has 0 amide bonds. The minimum absolute atomic E-state index is 0.0678. The molecule has 2 unspecified atom stereocenters. The van der Waals surface area contributed by atoms with Gasteiger partial charge in [0.25, 0.3) is 0 Å². The van der Waals surface area contributed by atoms with E-state index >= 15 is 0 Å². The second-order valence-corrected chi connectivity index (χ2v) is 11.2. The van der Waals surface area contributed by atoms with Crippen molar-refractivity contribution in [1.29, 1.82) is 0 Å². The molecular weight excluding hydrogens is 332 g/mol. The fourth-order valence-corrected chi connectivity index (χ4v) is 8.85. The van der Waals surface area contributed by atoms with E-state index in [0.717, 1.165) is 24.2 Å². The number of fused-ring (bicyclic) bond motifs is 5. The van der Waals surface area contributed by atoms with Gasteiger partial charge in [-0.2, -0.15) is 0 Å². The molecule has 4 fully saturated rings. The molecule has 0 aliphatic heterocycles. The predicted molar refractivity (Wildman–Crippen MR) is 110 cm³/mol. The molecule has 4 aliphatic rings. The van der Waals surface area contributed by atoms with Crippen LogP contribution in [0.25, 0.3) is 0 Å². The Balaban J connectivity index is 1.57. The summed E-state index contributed by atoms with van der Waals surface area (Å²) in [4.78, 5) is 11.4. The highest BCUT2D eigenvalue weighted by Gasteiger charge is 2.60. The first-order chi connectivity index (χ1) is 14.0. The lowest BCUT2D eigenvalue weighted by Gasteiger charge is -2.61. The largest absolute Gasteiger partial charge is 0.481 e. The number of aliphatic carboxylic acids is 1. The number of carboxylic acids is 1. The van der Waals surface area contributed by atoms with Crippen molar-refractivity contribution in [1.82, 2.24) is 0 Å². The lowest BCUT2D eigenvalue weighted by molar-refractivity contribution is -0.139. The maximum absolute atomic E-state index is 11.4.